The van der Waals surface area contributed by atoms with Crippen molar-refractivity contribution in [2.45, 2.75) is 63.9 Å². The molecule has 0 saturated carbocycles. The maximum absolute atomic E-state index is 14.0. The first-order chi connectivity index (χ1) is 20.1. The van der Waals surface area contributed by atoms with Gasteiger partial charge in [0.15, 0.2) is 0 Å². The molecule has 0 aliphatic carbocycles. The Bertz CT molecular complexity index is 1400. The lowest BCUT2D eigenvalue weighted by Crippen LogP contribution is -2.54. The van der Waals surface area contributed by atoms with Gasteiger partial charge in [0.25, 0.3) is 10.0 Å². The minimum atomic E-state index is -4.26. The van der Waals surface area contributed by atoms with Crippen molar-refractivity contribution in [1.82, 2.24) is 10.2 Å². The zero-order valence-electron chi connectivity index (χ0n) is 24.6. The molecule has 10 heteroatoms. The van der Waals surface area contributed by atoms with Crippen molar-refractivity contribution in [2.24, 2.45) is 0 Å². The number of anilines is 1. The number of carbonyl (C=O) groups excluding carboxylic acids is 2. The van der Waals surface area contributed by atoms with Crippen molar-refractivity contribution < 1.29 is 27.1 Å². The van der Waals surface area contributed by atoms with Crippen LogP contribution in [0.3, 0.4) is 0 Å². The lowest BCUT2D eigenvalue weighted by molar-refractivity contribution is -0.139. The molecule has 0 unspecified atom stereocenters. The monoisotopic (exact) mass is 597 g/mol. The minimum absolute atomic E-state index is 0.0551. The zero-order valence-corrected chi connectivity index (χ0v) is 25.4. The first-order valence-corrected chi connectivity index (χ1v) is 15.7. The third-order valence-corrected chi connectivity index (χ3v) is 8.78. The van der Waals surface area contributed by atoms with Gasteiger partial charge in [-0.1, -0.05) is 44.2 Å². The van der Waals surface area contributed by atoms with Crippen molar-refractivity contribution in [1.29, 1.82) is 0 Å². The second-order valence-electron chi connectivity index (χ2n) is 9.96. The van der Waals surface area contributed by atoms with Crippen molar-refractivity contribution in [3.63, 3.8) is 0 Å². The van der Waals surface area contributed by atoms with Crippen LogP contribution in [0.1, 0.15) is 46.1 Å². The summed E-state index contributed by atoms with van der Waals surface area (Å²) in [6, 6.07) is 19.5. The first-order valence-electron chi connectivity index (χ1n) is 14.3. The molecule has 3 aromatic rings. The number of nitrogens with one attached hydrogen (secondary N) is 1. The van der Waals surface area contributed by atoms with Crippen LogP contribution in [0.25, 0.3) is 0 Å². The van der Waals surface area contributed by atoms with Gasteiger partial charge in [-0.2, -0.15) is 0 Å². The highest BCUT2D eigenvalue weighted by Crippen LogP contribution is 2.26. The quantitative estimate of drug-likeness (QED) is 0.260. The fraction of sp³-hybridized carbons (Fsp3) is 0.375. The van der Waals surface area contributed by atoms with Crippen LogP contribution in [-0.2, 0) is 26.0 Å². The van der Waals surface area contributed by atoms with E-state index < -0.39 is 34.3 Å². The van der Waals surface area contributed by atoms with E-state index in [1.807, 2.05) is 58.0 Å². The van der Waals surface area contributed by atoms with E-state index in [0.717, 1.165) is 28.4 Å². The van der Waals surface area contributed by atoms with Crippen molar-refractivity contribution in [2.75, 3.05) is 24.0 Å². The molecule has 2 amide bonds. The average Bonchev–Trinajstić information content (AvgIpc) is 2.99. The van der Waals surface area contributed by atoms with Gasteiger partial charge in [0.1, 0.15) is 24.2 Å². The summed E-state index contributed by atoms with van der Waals surface area (Å²) in [5.74, 6) is -0.876. The van der Waals surface area contributed by atoms with Crippen LogP contribution in [0, 0.1) is 5.82 Å². The number of nitrogens with zero attached hydrogens (tertiary/aromatic N) is 2. The Kier molecular flexibility index (Phi) is 11.9. The second-order valence-corrected chi connectivity index (χ2v) is 11.8. The lowest BCUT2D eigenvalue weighted by Gasteiger charge is -2.33. The summed E-state index contributed by atoms with van der Waals surface area (Å²) < 4.78 is 48.1. The number of rotatable bonds is 15. The number of amides is 2. The molecule has 42 heavy (non-hydrogen) atoms. The van der Waals surface area contributed by atoms with Gasteiger partial charge in [0.05, 0.1) is 17.2 Å². The number of benzene rings is 3. The third-order valence-electron chi connectivity index (χ3n) is 6.99. The topological polar surface area (TPSA) is 96.0 Å². The number of halogens is 1. The van der Waals surface area contributed by atoms with E-state index in [4.69, 9.17) is 4.74 Å². The van der Waals surface area contributed by atoms with E-state index in [0.29, 0.717) is 25.2 Å². The summed E-state index contributed by atoms with van der Waals surface area (Å²) in [6.07, 6.45) is 1.53. The molecule has 1 N–H and O–H groups in total. The Labute approximate surface area is 248 Å². The molecule has 0 heterocycles. The fourth-order valence-electron chi connectivity index (χ4n) is 4.47. The highest BCUT2D eigenvalue weighted by Gasteiger charge is 2.33. The smallest absolute Gasteiger partial charge is 0.264 e. The molecule has 0 bridgehead atoms. The molecule has 0 spiro atoms. The summed E-state index contributed by atoms with van der Waals surface area (Å²) >= 11 is 0. The van der Waals surface area contributed by atoms with E-state index in [2.05, 4.69) is 5.32 Å². The van der Waals surface area contributed by atoms with Crippen molar-refractivity contribution in [3.05, 3.63) is 90.2 Å². The standard InChI is InChI=1S/C32H40FN3O5S/c1-5-24(4)34-32(38)30(6-2)35(22-21-25-11-9-8-10-12-25)31(37)23-36(27-15-13-26(33)14-16-27)42(39,40)29-19-17-28(18-20-29)41-7-3/h8-20,24,30H,5-7,21-23H2,1-4H3,(H,34,38)/t24-,30-/m0/s1. The summed E-state index contributed by atoms with van der Waals surface area (Å²) in [4.78, 5) is 28.7. The molecule has 0 aliphatic heterocycles. The summed E-state index contributed by atoms with van der Waals surface area (Å²) in [7, 11) is -4.26. The number of sulfonamides is 1. The van der Waals surface area contributed by atoms with Gasteiger partial charge in [-0.25, -0.2) is 12.8 Å². The first kappa shape index (κ1) is 32.6. The van der Waals surface area contributed by atoms with Gasteiger partial charge in [-0.15, -0.1) is 0 Å². The Morgan fingerprint density at radius 1 is 0.905 bits per heavy atom. The van der Waals surface area contributed by atoms with Gasteiger partial charge < -0.3 is 15.0 Å². The highest BCUT2D eigenvalue weighted by molar-refractivity contribution is 7.92. The van der Waals surface area contributed by atoms with E-state index in [1.165, 1.54) is 29.2 Å². The maximum atomic E-state index is 14.0. The lowest BCUT2D eigenvalue weighted by atomic mass is 10.1. The van der Waals surface area contributed by atoms with Crippen LogP contribution in [0.5, 0.6) is 5.75 Å². The minimum Gasteiger partial charge on any atom is -0.494 e. The Balaban J connectivity index is 2.00. The third kappa shape index (κ3) is 8.55. The molecule has 8 nitrogen and oxygen atoms in total. The molecular weight excluding hydrogens is 557 g/mol. The molecule has 0 aliphatic rings. The summed E-state index contributed by atoms with van der Waals surface area (Å²) in [5, 5.41) is 2.96. The van der Waals surface area contributed by atoms with Crippen LogP contribution in [0.4, 0.5) is 10.1 Å². The van der Waals surface area contributed by atoms with Crippen LogP contribution < -0.4 is 14.4 Å². The number of carbonyl (C=O) groups is 2. The zero-order chi connectivity index (χ0) is 30.7. The number of ether oxygens (including phenoxy) is 1. The molecular formula is C32H40FN3O5S. The normalized spacial score (nSPS) is 12.7. The SMILES string of the molecule is CCOc1ccc(S(=O)(=O)N(CC(=O)N(CCc2ccccc2)[C@@H](CC)C(=O)N[C@@H](C)CC)c2ccc(F)cc2)cc1. The van der Waals surface area contributed by atoms with Gasteiger partial charge >= 0.3 is 0 Å². The largest absolute Gasteiger partial charge is 0.494 e. The highest BCUT2D eigenvalue weighted by atomic mass is 32.2. The molecule has 0 radical (unpaired) electrons. The van der Waals surface area contributed by atoms with Gasteiger partial charge in [-0.3, -0.25) is 13.9 Å². The fourth-order valence-corrected chi connectivity index (χ4v) is 5.89. The van der Waals surface area contributed by atoms with E-state index in [1.54, 1.807) is 12.1 Å². The number of hydrogen-bond donors (Lipinski definition) is 1. The summed E-state index contributed by atoms with van der Waals surface area (Å²) in [5.41, 5.74) is 1.10. The van der Waals surface area contributed by atoms with Crippen molar-refractivity contribution in [3.8, 4) is 5.75 Å². The second kappa shape index (κ2) is 15.3. The van der Waals surface area contributed by atoms with Crippen LogP contribution in [-0.4, -0.2) is 56.9 Å². The molecule has 3 rings (SSSR count). The van der Waals surface area contributed by atoms with Crippen LogP contribution in [0.2, 0.25) is 0 Å². The predicted molar refractivity (Wildman–Crippen MR) is 162 cm³/mol. The number of hydrogen-bond acceptors (Lipinski definition) is 5. The van der Waals surface area contributed by atoms with E-state index in [-0.39, 0.29) is 29.1 Å². The molecule has 2 atom stereocenters. The Morgan fingerprint density at radius 3 is 2.12 bits per heavy atom. The molecule has 0 saturated heterocycles. The van der Waals surface area contributed by atoms with Gasteiger partial charge in [0, 0.05) is 12.6 Å². The molecule has 3 aromatic carbocycles. The molecule has 226 valence electrons. The van der Waals surface area contributed by atoms with Gasteiger partial charge in [-0.05, 0) is 87.2 Å². The maximum Gasteiger partial charge on any atom is 0.264 e. The van der Waals surface area contributed by atoms with E-state index in [9.17, 15) is 22.4 Å². The summed E-state index contributed by atoms with van der Waals surface area (Å²) in [6.45, 7) is 7.53. The van der Waals surface area contributed by atoms with Crippen LogP contribution >= 0.6 is 0 Å². The Hall–Kier alpha value is -3.92. The molecule has 0 aromatic heterocycles. The predicted octanol–water partition coefficient (Wildman–Crippen LogP) is 5.18. The Morgan fingerprint density at radius 2 is 1.55 bits per heavy atom. The van der Waals surface area contributed by atoms with Gasteiger partial charge in [0.2, 0.25) is 11.8 Å². The van der Waals surface area contributed by atoms with Crippen LogP contribution in [0.15, 0.2) is 83.8 Å². The average molecular weight is 598 g/mol. The van der Waals surface area contributed by atoms with Crippen molar-refractivity contribution >= 4 is 27.5 Å². The molecule has 0 fully saturated rings. The van der Waals surface area contributed by atoms with E-state index >= 15 is 0 Å².